The molecule has 1 atom stereocenters. The van der Waals surface area contributed by atoms with E-state index in [1.165, 1.54) is 19.0 Å². The van der Waals surface area contributed by atoms with Crippen LogP contribution in [0.15, 0.2) is 42.5 Å². The van der Waals surface area contributed by atoms with Gasteiger partial charge in [0.2, 0.25) is 5.91 Å². The number of carbonyl (C=O) groups is 2. The Morgan fingerprint density at radius 1 is 0.944 bits per heavy atom. The lowest BCUT2D eigenvalue weighted by Gasteiger charge is -2.29. The highest BCUT2D eigenvalue weighted by Gasteiger charge is 2.38. The predicted molar refractivity (Wildman–Crippen MR) is 121 cm³/mol. The lowest BCUT2D eigenvalue weighted by Crippen LogP contribution is -2.40. The molecule has 36 heavy (non-hydrogen) atoms. The van der Waals surface area contributed by atoms with E-state index in [-0.39, 0.29) is 44.4 Å². The van der Waals surface area contributed by atoms with E-state index in [0.29, 0.717) is 22.7 Å². The summed E-state index contributed by atoms with van der Waals surface area (Å²) in [6.45, 7) is -0.175. The molecule has 0 spiro atoms. The van der Waals surface area contributed by atoms with Crippen molar-refractivity contribution in [3.63, 3.8) is 0 Å². The molecule has 0 aromatic heterocycles. The summed E-state index contributed by atoms with van der Waals surface area (Å²) < 4.78 is 79.6. The van der Waals surface area contributed by atoms with Gasteiger partial charge in [-0.3, -0.25) is 9.59 Å². The van der Waals surface area contributed by atoms with Gasteiger partial charge in [-0.2, -0.15) is 26.3 Å². The van der Waals surface area contributed by atoms with Crippen LogP contribution in [0.4, 0.5) is 26.3 Å². The van der Waals surface area contributed by atoms with Gasteiger partial charge in [0.05, 0.1) is 17.7 Å². The van der Waals surface area contributed by atoms with Crippen LogP contribution in [0.2, 0.25) is 5.02 Å². The fourth-order valence-corrected chi connectivity index (χ4v) is 3.65. The molecule has 0 aliphatic carbocycles. The van der Waals surface area contributed by atoms with Gasteiger partial charge in [-0.05, 0) is 48.7 Å². The fraction of sp³-hybridized carbons (Fsp3) is 0.417. The van der Waals surface area contributed by atoms with Crippen LogP contribution in [-0.2, 0) is 23.6 Å². The number of aliphatic hydroxyl groups excluding tert-OH is 1. The van der Waals surface area contributed by atoms with Crippen molar-refractivity contribution in [2.75, 3.05) is 27.2 Å². The van der Waals surface area contributed by atoms with Gasteiger partial charge in [0, 0.05) is 43.7 Å². The van der Waals surface area contributed by atoms with Crippen LogP contribution in [-0.4, -0.2) is 60.0 Å². The van der Waals surface area contributed by atoms with E-state index >= 15 is 0 Å². The highest BCUT2D eigenvalue weighted by atomic mass is 35.5. The number of hydrogen-bond donors (Lipinski definition) is 1. The molecule has 5 nitrogen and oxygen atoms in total. The number of halogens is 7. The van der Waals surface area contributed by atoms with Gasteiger partial charge in [0.25, 0.3) is 5.91 Å². The third kappa shape index (κ3) is 8.12. The summed E-state index contributed by atoms with van der Waals surface area (Å²) in [5, 5.41) is 9.46. The first-order valence-corrected chi connectivity index (χ1v) is 11.2. The van der Waals surface area contributed by atoms with Crippen LogP contribution in [0, 0.1) is 0 Å². The lowest BCUT2D eigenvalue weighted by atomic mass is 9.98. The van der Waals surface area contributed by atoms with Crippen molar-refractivity contribution in [2.45, 2.75) is 37.7 Å². The number of carbonyl (C=O) groups excluding carboxylic acids is 2. The normalized spacial score (nSPS) is 12.8. The maximum Gasteiger partial charge on any atom is 0.416 e. The van der Waals surface area contributed by atoms with Crippen LogP contribution in [0.3, 0.4) is 0 Å². The van der Waals surface area contributed by atoms with E-state index in [1.54, 1.807) is 24.3 Å². The molecule has 0 fully saturated rings. The largest absolute Gasteiger partial charge is 0.416 e. The molecule has 0 saturated carbocycles. The van der Waals surface area contributed by atoms with Crippen LogP contribution in [0.1, 0.15) is 39.9 Å². The second-order valence-corrected chi connectivity index (χ2v) is 8.71. The van der Waals surface area contributed by atoms with Crippen LogP contribution in [0.5, 0.6) is 0 Å². The molecule has 0 radical (unpaired) electrons. The highest BCUT2D eigenvalue weighted by Crippen LogP contribution is 2.36. The Balaban J connectivity index is 2.39. The summed E-state index contributed by atoms with van der Waals surface area (Å²) in [7, 11) is 2.74. The summed E-state index contributed by atoms with van der Waals surface area (Å²) in [5.41, 5.74) is -3.27. The van der Waals surface area contributed by atoms with E-state index in [2.05, 4.69) is 0 Å². The number of hydrogen-bond acceptors (Lipinski definition) is 3. The second kappa shape index (κ2) is 12.0. The highest BCUT2D eigenvalue weighted by molar-refractivity contribution is 6.30. The summed E-state index contributed by atoms with van der Waals surface area (Å²) in [6, 6.07) is 6.50. The average Bonchev–Trinajstić information content (AvgIpc) is 2.80. The van der Waals surface area contributed by atoms with Gasteiger partial charge in [-0.25, -0.2) is 0 Å². The number of alkyl halides is 6. The summed E-state index contributed by atoms with van der Waals surface area (Å²) >= 11 is 5.89. The van der Waals surface area contributed by atoms with E-state index in [9.17, 15) is 35.9 Å². The topological polar surface area (TPSA) is 60.9 Å². The first kappa shape index (κ1) is 29.4. The van der Waals surface area contributed by atoms with E-state index in [0.717, 1.165) is 4.90 Å². The van der Waals surface area contributed by atoms with Crippen molar-refractivity contribution in [3.8, 4) is 0 Å². The Labute approximate surface area is 209 Å². The quantitative estimate of drug-likeness (QED) is 0.441. The Kier molecular flexibility index (Phi) is 9.78. The van der Waals surface area contributed by atoms with Crippen molar-refractivity contribution >= 4 is 23.4 Å². The number of amides is 2. The molecule has 2 amide bonds. The van der Waals surface area contributed by atoms with Crippen LogP contribution >= 0.6 is 11.6 Å². The van der Waals surface area contributed by atoms with Gasteiger partial charge in [0.15, 0.2) is 0 Å². The van der Waals surface area contributed by atoms with Crippen LogP contribution < -0.4 is 0 Å². The van der Waals surface area contributed by atoms with Gasteiger partial charge in [0.1, 0.15) is 0 Å². The zero-order chi connectivity index (χ0) is 27.3. The summed E-state index contributed by atoms with van der Waals surface area (Å²) in [6.07, 6.45) is -10.0. The number of benzene rings is 2. The number of nitrogens with zero attached hydrogens (tertiary/aromatic N) is 2. The molecule has 198 valence electrons. The van der Waals surface area contributed by atoms with Gasteiger partial charge >= 0.3 is 12.4 Å². The maximum absolute atomic E-state index is 13.3. The third-order valence-electron chi connectivity index (χ3n) is 5.64. The fourth-order valence-electron chi connectivity index (χ4n) is 3.53. The van der Waals surface area contributed by atoms with Crippen molar-refractivity contribution in [2.24, 2.45) is 0 Å². The first-order valence-electron chi connectivity index (χ1n) is 10.8. The summed E-state index contributed by atoms with van der Waals surface area (Å²) in [5.74, 6) is -1.40. The molecule has 0 heterocycles. The zero-order valence-corrected chi connectivity index (χ0v) is 20.2. The van der Waals surface area contributed by atoms with Crippen LogP contribution in [0.25, 0.3) is 0 Å². The number of rotatable bonds is 9. The molecule has 1 N–H and O–H groups in total. The zero-order valence-electron chi connectivity index (χ0n) is 19.5. The second-order valence-electron chi connectivity index (χ2n) is 8.27. The van der Waals surface area contributed by atoms with Gasteiger partial charge in [-0.15, -0.1) is 0 Å². The Bertz CT molecular complexity index is 1030. The SMILES string of the molecule is CN(CCO)C(=O)CCC(Cc1ccc(Cl)cc1)N(C)C(=O)c1cc(C(F)(F)F)cc(C(F)(F)F)c1. The molecule has 2 aromatic carbocycles. The lowest BCUT2D eigenvalue weighted by molar-refractivity contribution is -0.143. The maximum atomic E-state index is 13.3. The average molecular weight is 539 g/mol. The smallest absolute Gasteiger partial charge is 0.395 e. The first-order chi connectivity index (χ1) is 16.6. The Morgan fingerprint density at radius 3 is 1.94 bits per heavy atom. The molecule has 2 aromatic rings. The van der Waals surface area contributed by atoms with E-state index < -0.39 is 41.0 Å². The van der Waals surface area contributed by atoms with Crippen molar-refractivity contribution in [1.29, 1.82) is 0 Å². The van der Waals surface area contributed by atoms with E-state index in [4.69, 9.17) is 16.7 Å². The molecule has 0 aliphatic rings. The molecule has 0 saturated heterocycles. The van der Waals surface area contributed by atoms with Crippen molar-refractivity contribution < 1.29 is 41.0 Å². The minimum Gasteiger partial charge on any atom is -0.395 e. The van der Waals surface area contributed by atoms with Crippen molar-refractivity contribution in [3.05, 3.63) is 69.7 Å². The molecule has 1 unspecified atom stereocenters. The molecule has 2 rings (SSSR count). The monoisotopic (exact) mass is 538 g/mol. The van der Waals surface area contributed by atoms with Crippen molar-refractivity contribution in [1.82, 2.24) is 9.80 Å². The standard InChI is InChI=1S/C24H25ClF6N2O3/c1-32(9-10-34)21(35)8-7-20(11-15-3-5-19(25)6-4-15)33(2)22(36)16-12-17(23(26,27)28)14-18(13-16)24(29,30)31/h3-6,12-14,20,34H,7-11H2,1-2H3. The van der Waals surface area contributed by atoms with Gasteiger partial charge < -0.3 is 14.9 Å². The third-order valence-corrected chi connectivity index (χ3v) is 5.89. The minimum atomic E-state index is -5.10. The predicted octanol–water partition coefficient (Wildman–Crippen LogP) is 5.29. The number of likely N-dealkylation sites (N-methyl/N-ethyl adjacent to an activating group) is 2. The summed E-state index contributed by atoms with van der Waals surface area (Å²) in [4.78, 5) is 27.8. The molecule has 0 aliphatic heterocycles. The molecule has 12 heteroatoms. The van der Waals surface area contributed by atoms with Gasteiger partial charge in [-0.1, -0.05) is 23.7 Å². The Morgan fingerprint density at radius 2 is 1.47 bits per heavy atom. The van der Waals surface area contributed by atoms with E-state index in [1.807, 2.05) is 0 Å². The Hall–Kier alpha value is -2.79. The molecular formula is C24H25ClF6N2O3. The molecular weight excluding hydrogens is 514 g/mol. The molecule has 0 bridgehead atoms. The number of aliphatic hydroxyl groups is 1. The minimum absolute atomic E-state index is 0.0440.